The van der Waals surface area contributed by atoms with Gasteiger partial charge in [-0.1, -0.05) is 61.4 Å². The Morgan fingerprint density at radius 1 is 0.842 bits per heavy atom. The number of rotatable bonds is 13. The third-order valence-electron chi connectivity index (χ3n) is 3.57. The zero-order valence-corrected chi connectivity index (χ0v) is 15.6. The molecule has 116 valence electrons. The SMILES string of the molecule is CCCCCCCCC(Br)CC[Si](OC)(OC)OC. The number of hydrogen-bond donors (Lipinski definition) is 0. The Kier molecular flexibility index (Phi) is 12.7. The summed E-state index contributed by atoms with van der Waals surface area (Å²) in [6, 6.07) is 0.877. The smallest absolute Gasteiger partial charge is 0.377 e. The summed E-state index contributed by atoms with van der Waals surface area (Å²) in [7, 11) is 2.66. The lowest BCUT2D eigenvalue weighted by atomic mass is 10.1. The van der Waals surface area contributed by atoms with Gasteiger partial charge in [0.15, 0.2) is 0 Å². The van der Waals surface area contributed by atoms with Gasteiger partial charge in [-0.2, -0.15) is 0 Å². The highest BCUT2D eigenvalue weighted by Gasteiger charge is 2.37. The maximum Gasteiger partial charge on any atom is 0.500 e. The topological polar surface area (TPSA) is 27.7 Å². The summed E-state index contributed by atoms with van der Waals surface area (Å²) < 4.78 is 16.3. The van der Waals surface area contributed by atoms with Gasteiger partial charge in [0.1, 0.15) is 0 Å². The molecule has 0 radical (unpaired) electrons. The summed E-state index contributed by atoms with van der Waals surface area (Å²) in [6.45, 7) is 2.26. The van der Waals surface area contributed by atoms with Crippen molar-refractivity contribution in [2.24, 2.45) is 0 Å². The molecule has 0 N–H and O–H groups in total. The molecule has 0 aromatic heterocycles. The first-order valence-electron chi connectivity index (χ1n) is 7.43. The van der Waals surface area contributed by atoms with Crippen molar-refractivity contribution >= 4 is 24.7 Å². The fraction of sp³-hybridized carbons (Fsp3) is 1.00. The van der Waals surface area contributed by atoms with Gasteiger partial charge < -0.3 is 13.3 Å². The third-order valence-corrected chi connectivity index (χ3v) is 7.25. The molecule has 0 aliphatic rings. The Hall–Kier alpha value is 0.577. The second kappa shape index (κ2) is 12.3. The van der Waals surface area contributed by atoms with E-state index in [9.17, 15) is 0 Å². The van der Waals surface area contributed by atoms with Crippen LogP contribution in [-0.4, -0.2) is 35.0 Å². The lowest BCUT2D eigenvalue weighted by molar-refractivity contribution is 0.123. The van der Waals surface area contributed by atoms with E-state index >= 15 is 0 Å². The van der Waals surface area contributed by atoms with Crippen LogP contribution in [0.3, 0.4) is 0 Å². The van der Waals surface area contributed by atoms with E-state index in [1.807, 2.05) is 0 Å². The predicted octanol–water partition coefficient (Wildman–Crippen LogP) is 4.77. The van der Waals surface area contributed by atoms with Crippen LogP contribution in [-0.2, 0) is 13.3 Å². The van der Waals surface area contributed by atoms with Crippen molar-refractivity contribution in [1.29, 1.82) is 0 Å². The van der Waals surface area contributed by atoms with Gasteiger partial charge in [-0.05, 0) is 12.8 Å². The van der Waals surface area contributed by atoms with E-state index in [1.165, 1.54) is 44.9 Å². The Morgan fingerprint density at radius 2 is 1.37 bits per heavy atom. The molecule has 0 amide bonds. The molecular formula is C14H31BrO3Si. The number of hydrogen-bond acceptors (Lipinski definition) is 3. The number of unbranched alkanes of at least 4 members (excludes halogenated alkanes) is 5. The third kappa shape index (κ3) is 9.18. The van der Waals surface area contributed by atoms with E-state index in [4.69, 9.17) is 13.3 Å². The highest BCUT2D eigenvalue weighted by molar-refractivity contribution is 9.09. The van der Waals surface area contributed by atoms with E-state index in [-0.39, 0.29) is 0 Å². The maximum atomic E-state index is 5.43. The predicted molar refractivity (Wildman–Crippen MR) is 86.9 cm³/mol. The van der Waals surface area contributed by atoms with E-state index in [0.29, 0.717) is 4.83 Å². The minimum atomic E-state index is -2.38. The Balaban J connectivity index is 3.65. The highest BCUT2D eigenvalue weighted by Crippen LogP contribution is 2.23. The Bertz CT molecular complexity index is 193. The van der Waals surface area contributed by atoms with Crippen LogP contribution in [0, 0.1) is 0 Å². The monoisotopic (exact) mass is 354 g/mol. The van der Waals surface area contributed by atoms with Gasteiger partial charge in [0.05, 0.1) is 0 Å². The Labute approximate surface area is 128 Å². The average Bonchev–Trinajstić information content (AvgIpc) is 2.45. The van der Waals surface area contributed by atoms with Gasteiger partial charge in [-0.3, -0.25) is 0 Å². The van der Waals surface area contributed by atoms with Gasteiger partial charge in [0.2, 0.25) is 0 Å². The largest absolute Gasteiger partial charge is 0.500 e. The molecular weight excluding hydrogens is 324 g/mol. The summed E-state index contributed by atoms with van der Waals surface area (Å²) in [5.74, 6) is 0. The van der Waals surface area contributed by atoms with Gasteiger partial charge in [0.25, 0.3) is 0 Å². The molecule has 0 saturated heterocycles. The summed E-state index contributed by atoms with van der Waals surface area (Å²) in [4.78, 5) is 0.547. The molecule has 19 heavy (non-hydrogen) atoms. The fourth-order valence-corrected chi connectivity index (χ4v) is 4.97. The molecule has 0 aromatic carbocycles. The average molecular weight is 355 g/mol. The molecule has 0 saturated carbocycles. The van der Waals surface area contributed by atoms with Crippen LogP contribution >= 0.6 is 15.9 Å². The molecule has 5 heteroatoms. The van der Waals surface area contributed by atoms with Crippen molar-refractivity contribution in [3.8, 4) is 0 Å². The lowest BCUT2D eigenvalue weighted by Crippen LogP contribution is -2.43. The van der Waals surface area contributed by atoms with E-state index < -0.39 is 8.80 Å². The number of halogens is 1. The van der Waals surface area contributed by atoms with Crippen LogP contribution in [0.15, 0.2) is 0 Å². The fourth-order valence-electron chi connectivity index (χ4n) is 2.18. The van der Waals surface area contributed by atoms with Gasteiger partial charge in [-0.25, -0.2) is 0 Å². The van der Waals surface area contributed by atoms with Crippen molar-refractivity contribution < 1.29 is 13.3 Å². The summed E-state index contributed by atoms with van der Waals surface area (Å²) in [5, 5.41) is 0. The second-order valence-electron chi connectivity index (χ2n) is 4.99. The van der Waals surface area contributed by atoms with Crippen LogP contribution < -0.4 is 0 Å². The Morgan fingerprint density at radius 3 is 1.89 bits per heavy atom. The summed E-state index contributed by atoms with van der Waals surface area (Å²) in [6.07, 6.45) is 10.4. The van der Waals surface area contributed by atoms with Crippen LogP contribution in [0.5, 0.6) is 0 Å². The van der Waals surface area contributed by atoms with Crippen LogP contribution in [0.1, 0.15) is 58.3 Å². The highest BCUT2D eigenvalue weighted by atomic mass is 79.9. The normalized spacial score (nSPS) is 13.7. The van der Waals surface area contributed by atoms with E-state index in [1.54, 1.807) is 21.3 Å². The van der Waals surface area contributed by atoms with E-state index in [0.717, 1.165) is 12.5 Å². The molecule has 1 unspecified atom stereocenters. The molecule has 0 fully saturated rings. The molecule has 3 nitrogen and oxygen atoms in total. The summed E-state index contributed by atoms with van der Waals surface area (Å²) in [5.41, 5.74) is 0. The van der Waals surface area contributed by atoms with Crippen LogP contribution in [0.4, 0.5) is 0 Å². The van der Waals surface area contributed by atoms with Gasteiger partial charge in [0, 0.05) is 32.2 Å². The van der Waals surface area contributed by atoms with E-state index in [2.05, 4.69) is 22.9 Å². The van der Waals surface area contributed by atoms with Gasteiger partial charge >= 0.3 is 8.80 Å². The first-order valence-corrected chi connectivity index (χ1v) is 10.3. The van der Waals surface area contributed by atoms with Crippen molar-refractivity contribution in [2.45, 2.75) is 69.2 Å². The first kappa shape index (κ1) is 19.6. The molecule has 0 aromatic rings. The van der Waals surface area contributed by atoms with Crippen molar-refractivity contribution in [1.82, 2.24) is 0 Å². The first-order chi connectivity index (χ1) is 9.14. The zero-order valence-electron chi connectivity index (χ0n) is 13.0. The maximum absolute atomic E-state index is 5.43. The molecule has 0 bridgehead atoms. The molecule has 0 aliphatic carbocycles. The summed E-state index contributed by atoms with van der Waals surface area (Å²) >= 11 is 3.76. The van der Waals surface area contributed by atoms with Crippen molar-refractivity contribution in [2.75, 3.05) is 21.3 Å². The van der Waals surface area contributed by atoms with Crippen molar-refractivity contribution in [3.05, 3.63) is 0 Å². The van der Waals surface area contributed by atoms with Crippen LogP contribution in [0.25, 0.3) is 0 Å². The van der Waals surface area contributed by atoms with Crippen LogP contribution in [0.2, 0.25) is 6.04 Å². The second-order valence-corrected chi connectivity index (χ2v) is 9.37. The molecule has 0 rings (SSSR count). The lowest BCUT2D eigenvalue weighted by Gasteiger charge is -2.25. The van der Waals surface area contributed by atoms with Gasteiger partial charge in [-0.15, -0.1) is 0 Å². The van der Waals surface area contributed by atoms with Crippen molar-refractivity contribution in [3.63, 3.8) is 0 Å². The standard InChI is InChI=1S/C14H31BrO3Si/c1-5-6-7-8-9-10-11-14(15)12-13-19(16-2,17-3)18-4/h14H,5-13H2,1-4H3. The molecule has 0 spiro atoms. The minimum Gasteiger partial charge on any atom is -0.377 e. The molecule has 0 aliphatic heterocycles. The molecule has 0 heterocycles. The minimum absolute atomic E-state index is 0.547. The zero-order chi connectivity index (χ0) is 14.6. The quantitative estimate of drug-likeness (QED) is 0.271. The number of alkyl halides is 1. The molecule has 1 atom stereocenters.